The van der Waals surface area contributed by atoms with Crippen molar-refractivity contribution in [3.05, 3.63) is 0 Å². The molecule has 2 nitrogen and oxygen atoms in total. The van der Waals surface area contributed by atoms with E-state index in [0.29, 0.717) is 12.2 Å². The van der Waals surface area contributed by atoms with E-state index in [9.17, 15) is 0 Å². The molecule has 1 aliphatic rings. The molecule has 0 amide bonds. The SMILES string of the molecule is [Hg][CH2]C1CCC([CH2][Hg])OO1. The topological polar surface area (TPSA) is 18.5 Å². The standard InChI is InChI=1S/C6H10O2.2Hg/c1-5-3-4-6(2)8-7-5;;/h5-6H,1-4H2;;. The molecular weight excluding hydrogens is 505 g/mol. The van der Waals surface area contributed by atoms with Gasteiger partial charge in [0.05, 0.1) is 0 Å². The van der Waals surface area contributed by atoms with Crippen molar-refractivity contribution in [3.63, 3.8) is 0 Å². The molecule has 1 saturated heterocycles. The van der Waals surface area contributed by atoms with Crippen LogP contribution in [0.3, 0.4) is 0 Å². The maximum atomic E-state index is 5.21. The average molecular weight is 515 g/mol. The van der Waals surface area contributed by atoms with Crippen LogP contribution in [0.2, 0.25) is 7.86 Å². The van der Waals surface area contributed by atoms with Gasteiger partial charge in [-0.25, -0.2) is 0 Å². The van der Waals surface area contributed by atoms with Crippen LogP contribution in [0.25, 0.3) is 0 Å². The Morgan fingerprint density at radius 3 is 1.60 bits per heavy atom. The first kappa shape index (κ1) is 9.87. The summed E-state index contributed by atoms with van der Waals surface area (Å²) in [5.74, 6) is 0. The van der Waals surface area contributed by atoms with Gasteiger partial charge in [-0.05, 0) is 0 Å². The molecule has 0 aromatic carbocycles. The number of hydrogen-bond acceptors (Lipinski definition) is 2. The molecule has 0 radical (unpaired) electrons. The van der Waals surface area contributed by atoms with Crippen LogP contribution in [0.15, 0.2) is 0 Å². The van der Waals surface area contributed by atoms with E-state index in [1.54, 1.807) is 0 Å². The van der Waals surface area contributed by atoms with Crippen LogP contribution >= 0.6 is 0 Å². The second kappa shape index (κ2) is 5.44. The van der Waals surface area contributed by atoms with E-state index in [0.717, 1.165) is 52.2 Å². The van der Waals surface area contributed by atoms with Gasteiger partial charge in [0.15, 0.2) is 0 Å². The third-order valence-corrected chi connectivity index (χ3v) is 6.79. The summed E-state index contributed by atoms with van der Waals surface area (Å²) < 4.78 is 2.55. The molecule has 0 N–H and O–H groups in total. The maximum absolute atomic E-state index is 5.21. The Morgan fingerprint density at radius 1 is 1.00 bits per heavy atom. The molecule has 0 bridgehead atoms. The second-order valence-corrected chi connectivity index (χ2v) is 7.08. The van der Waals surface area contributed by atoms with Gasteiger partial charge in [0.25, 0.3) is 0 Å². The zero-order valence-electron chi connectivity index (χ0n) is 6.21. The van der Waals surface area contributed by atoms with Crippen molar-refractivity contribution in [2.75, 3.05) is 0 Å². The molecule has 2 atom stereocenters. The fourth-order valence-corrected chi connectivity index (χ4v) is 4.00. The molecule has 0 aromatic heterocycles. The molecule has 1 rings (SSSR count). The molecule has 0 saturated carbocycles. The fraction of sp³-hybridized carbons (Fsp3) is 1.00. The molecule has 1 heterocycles. The first-order chi connectivity index (χ1) is 4.86. The third kappa shape index (κ3) is 3.03. The van der Waals surface area contributed by atoms with Gasteiger partial charge in [0.1, 0.15) is 0 Å². The zero-order chi connectivity index (χ0) is 7.40. The van der Waals surface area contributed by atoms with Gasteiger partial charge < -0.3 is 0 Å². The van der Waals surface area contributed by atoms with Crippen molar-refractivity contribution in [2.24, 2.45) is 0 Å². The normalized spacial score (nSPS) is 34.4. The Bertz CT molecular complexity index is 79.7. The van der Waals surface area contributed by atoms with E-state index in [-0.39, 0.29) is 0 Å². The van der Waals surface area contributed by atoms with Crippen LogP contribution in [0, 0.1) is 0 Å². The Balaban J connectivity index is 2.17. The minimum absolute atomic E-state index is 0.458. The summed E-state index contributed by atoms with van der Waals surface area (Å²) in [5, 5.41) is 0. The van der Waals surface area contributed by atoms with E-state index in [1.165, 1.54) is 20.7 Å². The molecule has 1 aliphatic heterocycles. The van der Waals surface area contributed by atoms with Gasteiger partial charge in [-0.2, -0.15) is 0 Å². The molecular formula is C6H10Hg2O2. The van der Waals surface area contributed by atoms with Gasteiger partial charge >= 0.3 is 94.9 Å². The summed E-state index contributed by atoms with van der Waals surface area (Å²) in [5.41, 5.74) is 0. The van der Waals surface area contributed by atoms with Crippen LogP contribution in [0.5, 0.6) is 0 Å². The van der Waals surface area contributed by atoms with Crippen LogP contribution in [-0.4, -0.2) is 12.2 Å². The summed E-state index contributed by atoms with van der Waals surface area (Å²) in [6, 6.07) is 0. The molecule has 1 fully saturated rings. The summed E-state index contributed by atoms with van der Waals surface area (Å²) in [6.45, 7) is 0. The summed E-state index contributed by atoms with van der Waals surface area (Å²) in [7, 11) is 0. The van der Waals surface area contributed by atoms with Gasteiger partial charge in [0.2, 0.25) is 0 Å². The Morgan fingerprint density at radius 2 is 1.40 bits per heavy atom. The van der Waals surface area contributed by atoms with E-state index in [1.807, 2.05) is 0 Å². The van der Waals surface area contributed by atoms with E-state index >= 15 is 0 Å². The third-order valence-electron chi connectivity index (χ3n) is 1.78. The van der Waals surface area contributed by atoms with Crippen LogP contribution in [0.4, 0.5) is 0 Å². The van der Waals surface area contributed by atoms with E-state index in [2.05, 4.69) is 0 Å². The molecule has 2 unspecified atom stereocenters. The zero-order valence-corrected chi connectivity index (χ0v) is 17.2. The van der Waals surface area contributed by atoms with Crippen LogP contribution < -0.4 is 0 Å². The predicted octanol–water partition coefficient (Wildman–Crippen LogP) is 1.40. The van der Waals surface area contributed by atoms with Crippen LogP contribution in [-0.2, 0) is 62.0 Å². The van der Waals surface area contributed by atoms with E-state index < -0.39 is 0 Å². The Hall–Kier alpha value is 1.79. The molecule has 4 heteroatoms. The molecule has 10 heavy (non-hydrogen) atoms. The van der Waals surface area contributed by atoms with Gasteiger partial charge in [-0.15, -0.1) is 0 Å². The summed E-state index contributed by atoms with van der Waals surface area (Å²) in [4.78, 5) is 10.4. The predicted molar refractivity (Wildman–Crippen MR) is 28.6 cm³/mol. The van der Waals surface area contributed by atoms with Crippen molar-refractivity contribution < 1.29 is 62.0 Å². The van der Waals surface area contributed by atoms with Crippen molar-refractivity contribution in [2.45, 2.75) is 32.9 Å². The van der Waals surface area contributed by atoms with Gasteiger partial charge in [0, 0.05) is 0 Å². The molecule has 0 aliphatic carbocycles. The Labute approximate surface area is 93.9 Å². The quantitative estimate of drug-likeness (QED) is 0.409. The minimum atomic E-state index is 0.458. The molecule has 0 aromatic rings. The fourth-order valence-electron chi connectivity index (χ4n) is 1.01. The van der Waals surface area contributed by atoms with Crippen LogP contribution in [0.1, 0.15) is 12.8 Å². The summed E-state index contributed by atoms with van der Waals surface area (Å²) in [6.07, 6.45) is 3.40. The molecule has 0 spiro atoms. The average Bonchev–Trinajstić information content (AvgIpc) is 2.05. The number of rotatable bonds is 2. The van der Waals surface area contributed by atoms with Gasteiger partial charge in [-0.1, -0.05) is 0 Å². The summed E-state index contributed by atoms with van der Waals surface area (Å²) >= 11 is 1.74. The second-order valence-electron chi connectivity index (χ2n) is 2.59. The van der Waals surface area contributed by atoms with E-state index in [4.69, 9.17) is 9.78 Å². The van der Waals surface area contributed by atoms with Gasteiger partial charge in [-0.3, -0.25) is 0 Å². The van der Waals surface area contributed by atoms with Crippen molar-refractivity contribution >= 4 is 0 Å². The van der Waals surface area contributed by atoms with Crippen molar-refractivity contribution in [1.29, 1.82) is 0 Å². The first-order valence-electron chi connectivity index (χ1n) is 3.77. The monoisotopic (exact) mass is 518 g/mol. The Kier molecular flexibility index (Phi) is 5.37. The van der Waals surface area contributed by atoms with Crippen molar-refractivity contribution in [3.8, 4) is 0 Å². The number of hydrogen-bond donors (Lipinski definition) is 0. The molecule has 50 valence electrons. The van der Waals surface area contributed by atoms with Crippen molar-refractivity contribution in [1.82, 2.24) is 0 Å². The first-order valence-corrected chi connectivity index (χ1v) is 11.5.